The molecule has 0 radical (unpaired) electrons. The van der Waals surface area contributed by atoms with Crippen LogP contribution in [0.15, 0.2) is 52.1 Å². The lowest BCUT2D eigenvalue weighted by Crippen LogP contribution is -2.48. The minimum Gasteiger partial charge on any atom is -0.467 e. The number of aliphatic imine (C=N–C) groups is 1. The lowest BCUT2D eigenvalue weighted by molar-refractivity contribution is 0.321. The molecular weight excluding hydrogens is 408 g/mol. The first-order valence-corrected chi connectivity index (χ1v) is 7.49. The molecule has 3 rings (SSSR count). The molecule has 0 atom stereocenters. The van der Waals surface area contributed by atoms with Gasteiger partial charge in [-0.2, -0.15) is 0 Å². The van der Waals surface area contributed by atoms with Gasteiger partial charge < -0.3 is 15.1 Å². The molecule has 1 aliphatic carbocycles. The molecule has 124 valence electrons. The van der Waals surface area contributed by atoms with Gasteiger partial charge in [0.15, 0.2) is 5.96 Å². The molecule has 1 fully saturated rings. The van der Waals surface area contributed by atoms with Gasteiger partial charge in [-0.1, -0.05) is 12.1 Å². The van der Waals surface area contributed by atoms with Crippen molar-refractivity contribution >= 4 is 29.9 Å². The summed E-state index contributed by atoms with van der Waals surface area (Å²) in [7, 11) is 1.75. The van der Waals surface area contributed by atoms with Gasteiger partial charge >= 0.3 is 0 Å². The Balaban J connectivity index is 0.00000192. The van der Waals surface area contributed by atoms with E-state index in [4.69, 9.17) is 4.42 Å². The highest BCUT2D eigenvalue weighted by atomic mass is 127. The molecule has 1 saturated carbocycles. The number of nitrogens with one attached hydrogen (secondary N) is 2. The molecule has 0 aliphatic heterocycles. The first-order chi connectivity index (χ1) is 10.7. The normalized spacial score (nSPS) is 20.3. The Labute approximate surface area is 152 Å². The summed E-state index contributed by atoms with van der Waals surface area (Å²) in [6, 6.07) is 11.0. The van der Waals surface area contributed by atoms with Crippen LogP contribution in [-0.2, 0) is 6.54 Å². The van der Waals surface area contributed by atoms with Crippen molar-refractivity contribution in [1.29, 1.82) is 0 Å². The summed E-state index contributed by atoms with van der Waals surface area (Å²) in [5.74, 6) is 1.90. The SMILES string of the molecule is CN=C(NCc1ccco1)NC1CC(c2cccc(F)c2)C1.I. The topological polar surface area (TPSA) is 49.6 Å². The quantitative estimate of drug-likeness (QED) is 0.443. The van der Waals surface area contributed by atoms with Crippen LogP contribution in [0.1, 0.15) is 30.1 Å². The van der Waals surface area contributed by atoms with Crippen LogP contribution in [0.3, 0.4) is 0 Å². The average Bonchev–Trinajstić information content (AvgIpc) is 2.98. The molecule has 1 aromatic carbocycles. The molecule has 2 aromatic rings. The molecule has 0 unspecified atom stereocenters. The van der Waals surface area contributed by atoms with E-state index in [9.17, 15) is 4.39 Å². The van der Waals surface area contributed by atoms with Crippen molar-refractivity contribution in [2.45, 2.75) is 31.3 Å². The molecule has 1 heterocycles. The summed E-state index contributed by atoms with van der Waals surface area (Å²) >= 11 is 0. The standard InChI is InChI=1S/C17H20FN3O.HI/c1-19-17(20-11-16-6-3-7-22-16)21-15-9-13(10-15)12-4-2-5-14(18)8-12;/h2-8,13,15H,9-11H2,1H3,(H2,19,20,21);1H. The Morgan fingerprint density at radius 2 is 2.13 bits per heavy atom. The minimum atomic E-state index is -0.162. The van der Waals surface area contributed by atoms with Crippen molar-refractivity contribution in [1.82, 2.24) is 10.6 Å². The molecule has 0 bridgehead atoms. The van der Waals surface area contributed by atoms with Crippen LogP contribution in [0.2, 0.25) is 0 Å². The predicted octanol–water partition coefficient (Wildman–Crippen LogP) is 3.65. The van der Waals surface area contributed by atoms with Crippen LogP contribution in [0.4, 0.5) is 4.39 Å². The second kappa shape index (κ2) is 8.33. The number of benzene rings is 1. The third kappa shape index (κ3) is 4.70. The van der Waals surface area contributed by atoms with Gasteiger partial charge in [0.1, 0.15) is 11.6 Å². The van der Waals surface area contributed by atoms with Gasteiger partial charge in [-0.05, 0) is 48.6 Å². The molecular formula is C17H21FIN3O. The number of rotatable bonds is 4. The number of halogens is 2. The summed E-state index contributed by atoms with van der Waals surface area (Å²) in [6.45, 7) is 0.604. The van der Waals surface area contributed by atoms with E-state index in [-0.39, 0.29) is 29.8 Å². The highest BCUT2D eigenvalue weighted by Gasteiger charge is 2.31. The van der Waals surface area contributed by atoms with Gasteiger partial charge in [-0.25, -0.2) is 4.39 Å². The van der Waals surface area contributed by atoms with Crippen LogP contribution in [0, 0.1) is 5.82 Å². The molecule has 0 saturated heterocycles. The highest BCUT2D eigenvalue weighted by Crippen LogP contribution is 2.36. The van der Waals surface area contributed by atoms with Gasteiger partial charge in [-0.15, -0.1) is 24.0 Å². The number of nitrogens with zero attached hydrogens (tertiary/aromatic N) is 1. The van der Waals surface area contributed by atoms with Crippen molar-refractivity contribution in [3.63, 3.8) is 0 Å². The summed E-state index contributed by atoms with van der Waals surface area (Å²) in [4.78, 5) is 4.21. The fourth-order valence-corrected chi connectivity index (χ4v) is 2.74. The molecule has 1 aromatic heterocycles. The molecule has 1 aliphatic rings. The van der Waals surface area contributed by atoms with E-state index < -0.39 is 0 Å². The number of hydrogen-bond acceptors (Lipinski definition) is 2. The highest BCUT2D eigenvalue weighted by molar-refractivity contribution is 14.0. The summed E-state index contributed by atoms with van der Waals surface area (Å²) in [6.07, 6.45) is 3.64. The van der Waals surface area contributed by atoms with Crippen molar-refractivity contribution in [3.05, 3.63) is 59.8 Å². The lowest BCUT2D eigenvalue weighted by atomic mass is 9.76. The zero-order valence-electron chi connectivity index (χ0n) is 13.0. The van der Waals surface area contributed by atoms with E-state index in [1.807, 2.05) is 18.2 Å². The average molecular weight is 429 g/mol. The van der Waals surface area contributed by atoms with Crippen molar-refractivity contribution in [2.75, 3.05) is 7.05 Å². The van der Waals surface area contributed by atoms with E-state index in [0.717, 1.165) is 30.1 Å². The van der Waals surface area contributed by atoms with E-state index in [0.29, 0.717) is 18.5 Å². The van der Waals surface area contributed by atoms with Crippen LogP contribution in [0.25, 0.3) is 0 Å². The van der Waals surface area contributed by atoms with Crippen molar-refractivity contribution in [3.8, 4) is 0 Å². The Kier molecular flexibility index (Phi) is 6.44. The van der Waals surface area contributed by atoms with Gasteiger partial charge in [-0.3, -0.25) is 4.99 Å². The van der Waals surface area contributed by atoms with Gasteiger partial charge in [0.25, 0.3) is 0 Å². The number of guanidine groups is 1. The van der Waals surface area contributed by atoms with Crippen LogP contribution < -0.4 is 10.6 Å². The van der Waals surface area contributed by atoms with E-state index in [1.54, 1.807) is 25.4 Å². The summed E-state index contributed by atoms with van der Waals surface area (Å²) in [5, 5.41) is 6.60. The first-order valence-electron chi connectivity index (χ1n) is 7.49. The fraction of sp³-hybridized carbons (Fsp3) is 0.353. The smallest absolute Gasteiger partial charge is 0.191 e. The Morgan fingerprint density at radius 1 is 1.30 bits per heavy atom. The van der Waals surface area contributed by atoms with E-state index in [1.165, 1.54) is 6.07 Å². The molecule has 2 N–H and O–H groups in total. The van der Waals surface area contributed by atoms with E-state index in [2.05, 4.69) is 15.6 Å². The molecule has 0 amide bonds. The number of hydrogen-bond donors (Lipinski definition) is 2. The van der Waals surface area contributed by atoms with Crippen molar-refractivity contribution < 1.29 is 8.81 Å². The molecule has 0 spiro atoms. The third-order valence-electron chi connectivity index (χ3n) is 4.03. The molecule has 4 nitrogen and oxygen atoms in total. The summed E-state index contributed by atoms with van der Waals surface area (Å²) < 4.78 is 18.5. The van der Waals surface area contributed by atoms with Gasteiger partial charge in [0.05, 0.1) is 12.8 Å². The zero-order chi connectivity index (χ0) is 15.4. The van der Waals surface area contributed by atoms with Crippen LogP contribution in [-0.4, -0.2) is 19.0 Å². The predicted molar refractivity (Wildman–Crippen MR) is 99.6 cm³/mol. The second-order valence-corrected chi connectivity index (χ2v) is 5.57. The summed E-state index contributed by atoms with van der Waals surface area (Å²) in [5.41, 5.74) is 1.08. The first kappa shape index (κ1) is 17.8. The monoisotopic (exact) mass is 429 g/mol. The maximum absolute atomic E-state index is 13.2. The fourth-order valence-electron chi connectivity index (χ4n) is 2.74. The third-order valence-corrected chi connectivity index (χ3v) is 4.03. The van der Waals surface area contributed by atoms with Gasteiger partial charge in [0, 0.05) is 13.1 Å². The lowest BCUT2D eigenvalue weighted by Gasteiger charge is -2.37. The second-order valence-electron chi connectivity index (χ2n) is 5.57. The van der Waals surface area contributed by atoms with Crippen LogP contribution in [0.5, 0.6) is 0 Å². The van der Waals surface area contributed by atoms with Gasteiger partial charge in [0.2, 0.25) is 0 Å². The van der Waals surface area contributed by atoms with E-state index >= 15 is 0 Å². The molecule has 6 heteroatoms. The van der Waals surface area contributed by atoms with Crippen LogP contribution >= 0.6 is 24.0 Å². The Bertz CT molecular complexity index is 639. The Hall–Kier alpha value is -1.57. The Morgan fingerprint density at radius 3 is 2.78 bits per heavy atom. The maximum Gasteiger partial charge on any atom is 0.191 e. The minimum absolute atomic E-state index is 0. The number of furan rings is 1. The van der Waals surface area contributed by atoms with Crippen molar-refractivity contribution in [2.24, 2.45) is 4.99 Å². The largest absolute Gasteiger partial charge is 0.467 e. The zero-order valence-corrected chi connectivity index (χ0v) is 15.3. The molecule has 23 heavy (non-hydrogen) atoms. The maximum atomic E-state index is 13.2.